The summed E-state index contributed by atoms with van der Waals surface area (Å²) in [5.74, 6) is 2.31. The summed E-state index contributed by atoms with van der Waals surface area (Å²) in [7, 11) is 1.76. The lowest BCUT2D eigenvalue weighted by Gasteiger charge is -2.14. The van der Waals surface area contributed by atoms with Gasteiger partial charge in [0.1, 0.15) is 5.75 Å². The third-order valence-corrected chi connectivity index (χ3v) is 3.59. The SMILES string of the molecule is CCCOc1ncccc1CNC(=NC)NCCCOc1ccccc1.I. The zero-order valence-corrected chi connectivity index (χ0v) is 18.3. The molecule has 0 unspecified atom stereocenters. The summed E-state index contributed by atoms with van der Waals surface area (Å²) in [5, 5.41) is 6.58. The maximum Gasteiger partial charge on any atom is 0.218 e. The number of ether oxygens (including phenoxy) is 2. The molecule has 0 fully saturated rings. The molecule has 2 aromatic rings. The number of nitrogens with one attached hydrogen (secondary N) is 2. The zero-order valence-electron chi connectivity index (χ0n) is 16.0. The lowest BCUT2D eigenvalue weighted by Crippen LogP contribution is -2.37. The number of rotatable bonds is 10. The average molecular weight is 484 g/mol. The highest BCUT2D eigenvalue weighted by atomic mass is 127. The molecule has 1 aromatic heterocycles. The molecule has 0 aliphatic carbocycles. The van der Waals surface area contributed by atoms with Crippen molar-refractivity contribution in [3.63, 3.8) is 0 Å². The number of aromatic nitrogens is 1. The lowest BCUT2D eigenvalue weighted by molar-refractivity contribution is 0.301. The molecular formula is C20H29IN4O2. The predicted molar refractivity (Wildman–Crippen MR) is 120 cm³/mol. The summed E-state index contributed by atoms with van der Waals surface area (Å²) in [6.45, 7) is 4.78. The maximum absolute atomic E-state index is 5.68. The minimum Gasteiger partial charge on any atom is -0.494 e. The van der Waals surface area contributed by atoms with Crippen molar-refractivity contribution in [1.29, 1.82) is 0 Å². The van der Waals surface area contributed by atoms with Gasteiger partial charge in [0.05, 0.1) is 13.2 Å². The zero-order chi connectivity index (χ0) is 18.5. The second kappa shape index (κ2) is 14.1. The van der Waals surface area contributed by atoms with E-state index in [1.807, 2.05) is 42.5 Å². The van der Waals surface area contributed by atoms with Gasteiger partial charge in [0.15, 0.2) is 5.96 Å². The van der Waals surface area contributed by atoms with Crippen LogP contribution in [0.3, 0.4) is 0 Å². The van der Waals surface area contributed by atoms with E-state index >= 15 is 0 Å². The molecule has 0 saturated carbocycles. The van der Waals surface area contributed by atoms with E-state index in [-0.39, 0.29) is 24.0 Å². The molecule has 27 heavy (non-hydrogen) atoms. The fourth-order valence-corrected chi connectivity index (χ4v) is 2.27. The van der Waals surface area contributed by atoms with Crippen LogP contribution < -0.4 is 20.1 Å². The smallest absolute Gasteiger partial charge is 0.218 e. The Bertz CT molecular complexity index is 668. The first-order valence-corrected chi connectivity index (χ1v) is 9.02. The van der Waals surface area contributed by atoms with Crippen molar-refractivity contribution in [2.24, 2.45) is 4.99 Å². The van der Waals surface area contributed by atoms with Crippen LogP contribution in [0.1, 0.15) is 25.3 Å². The molecule has 0 aliphatic rings. The van der Waals surface area contributed by atoms with Crippen LogP contribution in [-0.4, -0.2) is 37.7 Å². The predicted octanol–water partition coefficient (Wildman–Crippen LogP) is 3.62. The summed E-state index contributed by atoms with van der Waals surface area (Å²) < 4.78 is 11.4. The summed E-state index contributed by atoms with van der Waals surface area (Å²) in [6, 6.07) is 13.7. The minimum atomic E-state index is 0. The van der Waals surface area contributed by atoms with Gasteiger partial charge in [0.2, 0.25) is 5.88 Å². The maximum atomic E-state index is 5.68. The van der Waals surface area contributed by atoms with Gasteiger partial charge in [0, 0.05) is 31.9 Å². The van der Waals surface area contributed by atoms with E-state index in [4.69, 9.17) is 9.47 Å². The second-order valence-corrected chi connectivity index (χ2v) is 5.68. The van der Waals surface area contributed by atoms with Gasteiger partial charge in [0.25, 0.3) is 0 Å². The Morgan fingerprint density at radius 3 is 2.59 bits per heavy atom. The summed E-state index contributed by atoms with van der Waals surface area (Å²) >= 11 is 0. The van der Waals surface area contributed by atoms with Gasteiger partial charge in [-0.25, -0.2) is 4.98 Å². The van der Waals surface area contributed by atoms with Gasteiger partial charge in [-0.3, -0.25) is 4.99 Å². The quantitative estimate of drug-likeness (QED) is 0.234. The van der Waals surface area contributed by atoms with Crippen LogP contribution in [-0.2, 0) is 6.54 Å². The molecule has 2 N–H and O–H groups in total. The largest absolute Gasteiger partial charge is 0.494 e. The molecular weight excluding hydrogens is 455 g/mol. The number of nitrogens with zero attached hydrogens (tertiary/aromatic N) is 2. The Hall–Kier alpha value is -2.03. The van der Waals surface area contributed by atoms with Crippen LogP contribution in [0.25, 0.3) is 0 Å². The molecule has 148 valence electrons. The van der Waals surface area contributed by atoms with Gasteiger partial charge in [-0.05, 0) is 31.0 Å². The highest BCUT2D eigenvalue weighted by Crippen LogP contribution is 2.14. The van der Waals surface area contributed by atoms with Crippen LogP contribution in [0, 0.1) is 0 Å². The van der Waals surface area contributed by atoms with Crippen molar-refractivity contribution in [2.45, 2.75) is 26.3 Å². The lowest BCUT2D eigenvalue weighted by atomic mass is 10.2. The molecule has 0 aliphatic heterocycles. The fraction of sp³-hybridized carbons (Fsp3) is 0.400. The molecule has 0 radical (unpaired) electrons. The average Bonchev–Trinajstić information content (AvgIpc) is 2.70. The Morgan fingerprint density at radius 2 is 1.85 bits per heavy atom. The Morgan fingerprint density at radius 1 is 1.04 bits per heavy atom. The first-order valence-electron chi connectivity index (χ1n) is 9.02. The number of pyridine rings is 1. The Balaban J connectivity index is 0.00000364. The van der Waals surface area contributed by atoms with Crippen molar-refractivity contribution >= 4 is 29.9 Å². The number of halogens is 1. The monoisotopic (exact) mass is 484 g/mol. The Kier molecular flexibility index (Phi) is 12.0. The number of aliphatic imine (C=N–C) groups is 1. The van der Waals surface area contributed by atoms with Crippen molar-refractivity contribution < 1.29 is 9.47 Å². The Labute approximate surface area is 178 Å². The number of guanidine groups is 1. The number of benzene rings is 1. The molecule has 1 aromatic carbocycles. The first kappa shape index (κ1) is 23.0. The van der Waals surface area contributed by atoms with Gasteiger partial charge in [-0.1, -0.05) is 31.2 Å². The standard InChI is InChI=1S/C20H28N4O2.HI/c1-3-14-26-19-17(9-7-12-22-19)16-24-20(21-2)23-13-8-15-25-18-10-5-4-6-11-18;/h4-7,9-12H,3,8,13-16H2,1-2H3,(H2,21,23,24);1H. The summed E-state index contributed by atoms with van der Waals surface area (Å²) in [4.78, 5) is 8.54. The van der Waals surface area contributed by atoms with E-state index in [0.717, 1.165) is 36.7 Å². The van der Waals surface area contributed by atoms with Crippen molar-refractivity contribution in [3.05, 3.63) is 54.2 Å². The molecule has 0 spiro atoms. The summed E-state index contributed by atoms with van der Waals surface area (Å²) in [5.41, 5.74) is 1.01. The normalized spacial score (nSPS) is 10.7. The third-order valence-electron chi connectivity index (χ3n) is 3.59. The molecule has 6 nitrogen and oxygen atoms in total. The van der Waals surface area contributed by atoms with Crippen molar-refractivity contribution in [2.75, 3.05) is 26.8 Å². The highest BCUT2D eigenvalue weighted by molar-refractivity contribution is 14.0. The highest BCUT2D eigenvalue weighted by Gasteiger charge is 2.05. The third kappa shape index (κ3) is 8.94. The number of para-hydroxylation sites is 1. The van der Waals surface area contributed by atoms with E-state index in [1.54, 1.807) is 13.2 Å². The molecule has 7 heteroatoms. The molecule has 2 rings (SSSR count). The molecule has 0 atom stereocenters. The van der Waals surface area contributed by atoms with Crippen molar-refractivity contribution in [1.82, 2.24) is 15.6 Å². The number of hydrogen-bond acceptors (Lipinski definition) is 4. The molecule has 1 heterocycles. The van der Waals surface area contributed by atoms with Gasteiger partial charge in [-0.2, -0.15) is 0 Å². The molecule has 0 amide bonds. The number of hydrogen-bond donors (Lipinski definition) is 2. The van der Waals surface area contributed by atoms with E-state index in [2.05, 4.69) is 27.5 Å². The van der Waals surface area contributed by atoms with Gasteiger partial charge < -0.3 is 20.1 Å². The van der Waals surface area contributed by atoms with Crippen LogP contribution >= 0.6 is 24.0 Å². The van der Waals surface area contributed by atoms with E-state index < -0.39 is 0 Å². The van der Waals surface area contributed by atoms with Crippen LogP contribution in [0.5, 0.6) is 11.6 Å². The van der Waals surface area contributed by atoms with Crippen molar-refractivity contribution in [3.8, 4) is 11.6 Å². The first-order chi connectivity index (χ1) is 12.8. The van der Waals surface area contributed by atoms with Crippen LogP contribution in [0.4, 0.5) is 0 Å². The molecule has 0 saturated heterocycles. The fourth-order valence-electron chi connectivity index (χ4n) is 2.27. The second-order valence-electron chi connectivity index (χ2n) is 5.68. The molecule has 0 bridgehead atoms. The van der Waals surface area contributed by atoms with E-state index in [0.29, 0.717) is 25.6 Å². The van der Waals surface area contributed by atoms with E-state index in [9.17, 15) is 0 Å². The van der Waals surface area contributed by atoms with Gasteiger partial charge in [-0.15, -0.1) is 24.0 Å². The van der Waals surface area contributed by atoms with Crippen LogP contribution in [0.15, 0.2) is 53.7 Å². The summed E-state index contributed by atoms with van der Waals surface area (Å²) in [6.07, 6.45) is 3.58. The minimum absolute atomic E-state index is 0. The topological polar surface area (TPSA) is 67.8 Å². The van der Waals surface area contributed by atoms with Crippen LogP contribution in [0.2, 0.25) is 0 Å². The van der Waals surface area contributed by atoms with E-state index in [1.165, 1.54) is 0 Å². The van der Waals surface area contributed by atoms with Gasteiger partial charge >= 0.3 is 0 Å².